The number of nitrogens with zero attached hydrogens (tertiary/aromatic N) is 2. The Bertz CT molecular complexity index is 1370. The second-order valence-electron chi connectivity index (χ2n) is 6.83. The molecule has 0 aliphatic carbocycles. The number of carbonyl (C=O) groups excluding carboxylic acids is 1. The highest BCUT2D eigenvalue weighted by Gasteiger charge is 2.15. The number of hydrogen-bond donors (Lipinski definition) is 3. The van der Waals surface area contributed by atoms with Gasteiger partial charge in [0.15, 0.2) is 5.69 Å². The monoisotopic (exact) mass is 561 g/mol. The Morgan fingerprint density at radius 3 is 2.03 bits per heavy atom. The van der Waals surface area contributed by atoms with E-state index in [1.807, 2.05) is 0 Å². The van der Waals surface area contributed by atoms with Gasteiger partial charge >= 0.3 is 11.9 Å². The number of nitrogen functional groups attached to an aromatic ring is 2. The molecule has 0 bridgehead atoms. The van der Waals surface area contributed by atoms with Crippen LogP contribution in [-0.4, -0.2) is 27.2 Å². The number of carbonyl (C=O) groups is 2. The van der Waals surface area contributed by atoms with Gasteiger partial charge in [0.2, 0.25) is 5.82 Å². The van der Waals surface area contributed by atoms with Crippen LogP contribution in [0.5, 0.6) is 0 Å². The van der Waals surface area contributed by atoms with Gasteiger partial charge in [0.1, 0.15) is 0 Å². The SMILES string of the molecule is Nc1nnc(-c2cccc(Cl)c2Cl)c(N)[nH+]1.O=C([O-])c1ccccc1SSc1ccccc1C(=O)O. The number of nitrogens with two attached hydrogens (primary N) is 2. The van der Waals surface area contributed by atoms with E-state index in [4.69, 9.17) is 39.8 Å². The number of aromatic amines is 1. The number of aromatic nitrogens is 3. The molecule has 36 heavy (non-hydrogen) atoms. The largest absolute Gasteiger partial charge is 0.545 e. The second-order valence-corrected chi connectivity index (χ2v) is 9.82. The molecule has 184 valence electrons. The predicted molar refractivity (Wildman–Crippen MR) is 139 cm³/mol. The van der Waals surface area contributed by atoms with E-state index in [0.717, 1.165) is 0 Å². The minimum atomic E-state index is -1.25. The molecule has 4 rings (SSSR count). The molecule has 0 aliphatic rings. The third kappa shape index (κ3) is 6.79. The molecule has 0 amide bonds. The summed E-state index contributed by atoms with van der Waals surface area (Å²) < 4.78 is 0. The lowest BCUT2D eigenvalue weighted by molar-refractivity contribution is -0.347. The van der Waals surface area contributed by atoms with Crippen molar-refractivity contribution in [3.05, 3.63) is 87.9 Å². The van der Waals surface area contributed by atoms with Crippen molar-refractivity contribution in [2.75, 3.05) is 11.5 Å². The Labute approximate surface area is 223 Å². The number of carboxylic acids is 2. The first-order valence-electron chi connectivity index (χ1n) is 9.91. The lowest BCUT2D eigenvalue weighted by Crippen LogP contribution is -2.22. The molecule has 6 N–H and O–H groups in total. The highest BCUT2D eigenvalue weighted by atomic mass is 35.5. The van der Waals surface area contributed by atoms with Crippen molar-refractivity contribution in [3.8, 4) is 11.3 Å². The summed E-state index contributed by atoms with van der Waals surface area (Å²) in [5.41, 5.74) is 12.4. The number of carboxylic acid groups (broad SMARTS) is 2. The standard InChI is InChI=1S/C14H10O4S2.C9H7Cl2N5/c15-13(16)9-5-1-3-7-11(9)19-20-12-8-4-2-6-10(12)14(17)18;10-5-3-1-2-4(6(5)11)7-8(12)14-9(13)16-15-7/h1-8H,(H,15,16)(H,17,18);1-3H,(H4,12,13,14,16). The summed E-state index contributed by atoms with van der Waals surface area (Å²) in [5, 5.41) is 28.4. The fourth-order valence-corrected chi connectivity index (χ4v) is 5.51. The molecule has 4 aromatic rings. The molecule has 13 heteroatoms. The maximum atomic E-state index is 11.1. The summed E-state index contributed by atoms with van der Waals surface area (Å²) >= 11 is 11.9. The van der Waals surface area contributed by atoms with E-state index in [9.17, 15) is 14.7 Å². The number of nitrogens with one attached hydrogen (secondary N) is 1. The number of rotatable bonds is 6. The molecule has 9 nitrogen and oxygen atoms in total. The van der Waals surface area contributed by atoms with Crippen molar-refractivity contribution in [1.29, 1.82) is 0 Å². The first kappa shape index (κ1) is 27.1. The van der Waals surface area contributed by atoms with E-state index in [1.165, 1.54) is 33.7 Å². The van der Waals surface area contributed by atoms with Gasteiger partial charge in [0, 0.05) is 26.0 Å². The Balaban J connectivity index is 0.000000205. The minimum absolute atomic E-state index is 0.0952. The third-order valence-electron chi connectivity index (χ3n) is 4.43. The topological polar surface area (TPSA) is 169 Å². The van der Waals surface area contributed by atoms with Crippen LogP contribution < -0.4 is 21.6 Å². The summed E-state index contributed by atoms with van der Waals surface area (Å²) in [6, 6.07) is 18.2. The number of anilines is 2. The van der Waals surface area contributed by atoms with Gasteiger partial charge in [-0.1, -0.05) is 92.4 Å². The molecule has 1 heterocycles. The lowest BCUT2D eigenvalue weighted by atomic mass is 10.1. The predicted octanol–water partition coefficient (Wildman–Crippen LogP) is 3.98. The van der Waals surface area contributed by atoms with Gasteiger partial charge in [-0.2, -0.15) is 0 Å². The first-order chi connectivity index (χ1) is 17.2. The van der Waals surface area contributed by atoms with E-state index in [1.54, 1.807) is 54.6 Å². The van der Waals surface area contributed by atoms with Crippen LogP contribution in [0.4, 0.5) is 11.8 Å². The van der Waals surface area contributed by atoms with E-state index in [2.05, 4.69) is 15.2 Å². The Kier molecular flexibility index (Phi) is 9.37. The first-order valence-corrected chi connectivity index (χ1v) is 12.8. The maximum Gasteiger partial charge on any atom is 0.364 e. The quantitative estimate of drug-likeness (QED) is 0.292. The van der Waals surface area contributed by atoms with Gasteiger partial charge in [0.25, 0.3) is 0 Å². The zero-order valence-corrected chi connectivity index (χ0v) is 21.3. The summed E-state index contributed by atoms with van der Waals surface area (Å²) in [7, 11) is 2.40. The van der Waals surface area contributed by atoms with Crippen molar-refractivity contribution in [2.24, 2.45) is 0 Å². The van der Waals surface area contributed by atoms with Crippen molar-refractivity contribution in [1.82, 2.24) is 10.2 Å². The maximum absolute atomic E-state index is 11.1. The van der Waals surface area contributed by atoms with Gasteiger partial charge in [-0.25, -0.2) is 9.78 Å². The number of hydrogen-bond acceptors (Lipinski definition) is 9. The zero-order chi connectivity index (χ0) is 26.2. The molecular weight excluding hydrogens is 545 g/mol. The lowest BCUT2D eigenvalue weighted by Gasteiger charge is -2.09. The molecule has 0 aliphatic heterocycles. The normalized spacial score (nSPS) is 10.3. The van der Waals surface area contributed by atoms with Gasteiger partial charge in [-0.3, -0.25) is 0 Å². The van der Waals surface area contributed by atoms with Crippen LogP contribution in [0.2, 0.25) is 10.0 Å². The van der Waals surface area contributed by atoms with E-state index in [-0.39, 0.29) is 22.9 Å². The fraction of sp³-hybridized carbons (Fsp3) is 0. The van der Waals surface area contributed by atoms with Gasteiger partial charge < -0.3 is 26.5 Å². The van der Waals surface area contributed by atoms with E-state index < -0.39 is 11.9 Å². The second kappa shape index (κ2) is 12.5. The number of H-pyrrole nitrogens is 1. The Hall–Kier alpha value is -3.51. The zero-order valence-electron chi connectivity index (χ0n) is 18.1. The highest BCUT2D eigenvalue weighted by molar-refractivity contribution is 8.76. The van der Waals surface area contributed by atoms with Crippen LogP contribution in [0.25, 0.3) is 11.3 Å². The smallest absolute Gasteiger partial charge is 0.364 e. The number of aromatic carboxylic acids is 2. The highest BCUT2D eigenvalue weighted by Crippen LogP contribution is 2.40. The van der Waals surface area contributed by atoms with Crippen LogP contribution in [0.3, 0.4) is 0 Å². The molecule has 1 aromatic heterocycles. The van der Waals surface area contributed by atoms with Crippen molar-refractivity contribution >= 4 is 68.5 Å². The van der Waals surface area contributed by atoms with Crippen LogP contribution >= 0.6 is 44.8 Å². The molecule has 0 unspecified atom stereocenters. The average Bonchev–Trinajstić information content (AvgIpc) is 2.85. The Morgan fingerprint density at radius 1 is 0.861 bits per heavy atom. The molecule has 0 spiro atoms. The fourth-order valence-electron chi connectivity index (χ4n) is 2.78. The van der Waals surface area contributed by atoms with Crippen LogP contribution in [-0.2, 0) is 0 Å². The van der Waals surface area contributed by atoms with Gasteiger partial charge in [-0.05, 0) is 24.3 Å². The molecule has 0 radical (unpaired) electrons. The summed E-state index contributed by atoms with van der Waals surface area (Å²) in [5.74, 6) is -1.84. The van der Waals surface area contributed by atoms with E-state index >= 15 is 0 Å². The van der Waals surface area contributed by atoms with Crippen molar-refractivity contribution in [2.45, 2.75) is 9.79 Å². The van der Waals surface area contributed by atoms with Gasteiger partial charge in [0.05, 0.1) is 21.6 Å². The molecule has 0 atom stereocenters. The number of benzene rings is 3. The molecule has 0 fully saturated rings. The molecule has 0 saturated heterocycles. The Morgan fingerprint density at radius 2 is 1.44 bits per heavy atom. The molecular formula is C23H17Cl2N5O4S2. The van der Waals surface area contributed by atoms with Crippen LogP contribution in [0, 0.1) is 0 Å². The minimum Gasteiger partial charge on any atom is -0.545 e. The van der Waals surface area contributed by atoms with Crippen molar-refractivity contribution < 1.29 is 24.8 Å². The van der Waals surface area contributed by atoms with Gasteiger partial charge in [-0.15, -0.1) is 0 Å². The summed E-state index contributed by atoms with van der Waals surface area (Å²) in [4.78, 5) is 25.8. The average molecular weight is 562 g/mol. The number of halogens is 2. The molecule has 3 aromatic carbocycles. The van der Waals surface area contributed by atoms with Crippen molar-refractivity contribution in [3.63, 3.8) is 0 Å². The van der Waals surface area contributed by atoms with E-state index in [0.29, 0.717) is 31.1 Å². The summed E-state index contributed by atoms with van der Waals surface area (Å²) in [6.07, 6.45) is 0. The summed E-state index contributed by atoms with van der Waals surface area (Å²) in [6.45, 7) is 0. The molecule has 0 saturated carbocycles. The van der Waals surface area contributed by atoms with Crippen LogP contribution in [0.15, 0.2) is 76.5 Å². The van der Waals surface area contributed by atoms with Crippen LogP contribution in [0.1, 0.15) is 20.7 Å². The third-order valence-corrected chi connectivity index (χ3v) is 7.73.